The van der Waals surface area contributed by atoms with Crippen molar-refractivity contribution in [2.45, 2.75) is 31.7 Å². The number of carbonyl (C=O) groups excluding carboxylic acids is 1. The van der Waals surface area contributed by atoms with E-state index in [4.69, 9.17) is 22.1 Å². The molecular weight excluding hydrogens is 264 g/mol. The first-order valence-electron chi connectivity index (χ1n) is 6.62. The summed E-state index contributed by atoms with van der Waals surface area (Å²) in [6.45, 7) is 1.65. The van der Waals surface area contributed by atoms with Gasteiger partial charge in [0, 0.05) is 11.1 Å². The minimum atomic E-state index is -0.520. The highest BCUT2D eigenvalue weighted by Crippen LogP contribution is 2.23. The molecule has 1 fully saturated rings. The summed E-state index contributed by atoms with van der Waals surface area (Å²) in [7, 11) is 0. The first kappa shape index (κ1) is 14.2. The van der Waals surface area contributed by atoms with E-state index in [1.807, 2.05) is 0 Å². The zero-order valence-corrected chi connectivity index (χ0v) is 11.6. The van der Waals surface area contributed by atoms with Crippen LogP contribution in [0, 0.1) is 0 Å². The van der Waals surface area contributed by atoms with Crippen LogP contribution in [0.3, 0.4) is 0 Å². The molecule has 0 bridgehead atoms. The zero-order valence-electron chi connectivity index (χ0n) is 10.8. The molecule has 2 rings (SSSR count). The van der Waals surface area contributed by atoms with Gasteiger partial charge < -0.3 is 15.8 Å². The van der Waals surface area contributed by atoms with E-state index in [2.05, 4.69) is 5.32 Å². The number of nitrogens with one attached hydrogen (secondary N) is 1. The van der Waals surface area contributed by atoms with Gasteiger partial charge in [-0.15, -0.1) is 0 Å². The van der Waals surface area contributed by atoms with Crippen molar-refractivity contribution in [3.63, 3.8) is 0 Å². The molecular formula is C14H19ClN2O2. The van der Waals surface area contributed by atoms with E-state index in [-0.39, 0.29) is 0 Å². The minimum absolute atomic E-state index is 0.337. The molecule has 0 aliphatic carbocycles. The smallest absolute Gasteiger partial charge is 0.252 e. The molecule has 1 aliphatic heterocycles. The van der Waals surface area contributed by atoms with Gasteiger partial charge in [0.15, 0.2) is 0 Å². The summed E-state index contributed by atoms with van der Waals surface area (Å²) in [6, 6.07) is 5.44. The Kier molecular flexibility index (Phi) is 5.05. The Bertz CT molecular complexity index is 445. The van der Waals surface area contributed by atoms with Gasteiger partial charge in [-0.3, -0.25) is 4.79 Å². The van der Waals surface area contributed by atoms with E-state index in [1.54, 1.807) is 12.1 Å². The molecule has 5 heteroatoms. The standard InChI is InChI=1S/C14H19ClN2O2/c15-10-4-5-13(12(9-10)14(16)18)19-8-6-11-3-1-2-7-17-11/h4-5,9,11,17H,1-3,6-8H2,(H2,16,18). The molecule has 1 heterocycles. The second-order valence-electron chi connectivity index (χ2n) is 4.79. The van der Waals surface area contributed by atoms with E-state index in [1.165, 1.54) is 25.3 Å². The van der Waals surface area contributed by atoms with Crippen molar-refractivity contribution in [1.82, 2.24) is 5.32 Å². The molecule has 0 saturated carbocycles. The third kappa shape index (κ3) is 4.11. The van der Waals surface area contributed by atoms with Gasteiger partial charge in [-0.25, -0.2) is 0 Å². The van der Waals surface area contributed by atoms with Crippen LogP contribution in [0.25, 0.3) is 0 Å². The van der Waals surface area contributed by atoms with Crippen molar-refractivity contribution in [2.75, 3.05) is 13.2 Å². The number of primary amides is 1. The van der Waals surface area contributed by atoms with Crippen LogP contribution in [0.5, 0.6) is 5.75 Å². The topological polar surface area (TPSA) is 64.4 Å². The Hall–Kier alpha value is -1.26. The Labute approximate surface area is 118 Å². The predicted octanol–water partition coefficient (Wildman–Crippen LogP) is 2.35. The summed E-state index contributed by atoms with van der Waals surface area (Å²) < 4.78 is 5.66. The maximum Gasteiger partial charge on any atom is 0.252 e. The minimum Gasteiger partial charge on any atom is -0.493 e. The van der Waals surface area contributed by atoms with Gasteiger partial charge in [0.2, 0.25) is 0 Å². The number of benzene rings is 1. The molecule has 0 aromatic heterocycles. The number of hydrogen-bond acceptors (Lipinski definition) is 3. The SMILES string of the molecule is NC(=O)c1cc(Cl)ccc1OCCC1CCCCN1. The number of ether oxygens (including phenoxy) is 1. The molecule has 1 aliphatic rings. The van der Waals surface area contributed by atoms with Gasteiger partial charge >= 0.3 is 0 Å². The van der Waals surface area contributed by atoms with Crippen LogP contribution in [0.4, 0.5) is 0 Å². The average Bonchev–Trinajstić information content (AvgIpc) is 2.41. The highest BCUT2D eigenvalue weighted by molar-refractivity contribution is 6.31. The van der Waals surface area contributed by atoms with Crippen molar-refractivity contribution in [2.24, 2.45) is 5.73 Å². The van der Waals surface area contributed by atoms with Gasteiger partial charge in [-0.2, -0.15) is 0 Å². The second kappa shape index (κ2) is 6.78. The first-order chi connectivity index (χ1) is 9.16. The van der Waals surface area contributed by atoms with Crippen molar-refractivity contribution in [3.8, 4) is 5.75 Å². The molecule has 1 aromatic carbocycles. The van der Waals surface area contributed by atoms with Crippen LogP contribution in [-0.4, -0.2) is 25.1 Å². The molecule has 0 spiro atoms. The van der Waals surface area contributed by atoms with E-state index in [9.17, 15) is 4.79 Å². The molecule has 104 valence electrons. The summed E-state index contributed by atoms with van der Waals surface area (Å²) in [5.41, 5.74) is 5.65. The monoisotopic (exact) mass is 282 g/mol. The Morgan fingerprint density at radius 3 is 3.00 bits per heavy atom. The van der Waals surface area contributed by atoms with Crippen LogP contribution in [0.15, 0.2) is 18.2 Å². The van der Waals surface area contributed by atoms with Crippen molar-refractivity contribution in [1.29, 1.82) is 0 Å². The van der Waals surface area contributed by atoms with Crippen LogP contribution >= 0.6 is 11.6 Å². The average molecular weight is 283 g/mol. The number of carbonyl (C=O) groups is 1. The van der Waals surface area contributed by atoms with E-state index in [0.29, 0.717) is 29.0 Å². The lowest BCUT2D eigenvalue weighted by atomic mass is 10.0. The van der Waals surface area contributed by atoms with E-state index < -0.39 is 5.91 Å². The highest BCUT2D eigenvalue weighted by Gasteiger charge is 2.14. The predicted molar refractivity (Wildman–Crippen MR) is 75.7 cm³/mol. The summed E-state index contributed by atoms with van der Waals surface area (Å²) >= 11 is 5.84. The normalized spacial score (nSPS) is 19.1. The fourth-order valence-electron chi connectivity index (χ4n) is 2.30. The van der Waals surface area contributed by atoms with E-state index in [0.717, 1.165) is 13.0 Å². The Balaban J connectivity index is 1.89. The van der Waals surface area contributed by atoms with E-state index >= 15 is 0 Å². The summed E-state index contributed by atoms with van der Waals surface area (Å²) in [4.78, 5) is 11.3. The van der Waals surface area contributed by atoms with Gasteiger partial charge in [-0.1, -0.05) is 18.0 Å². The fraction of sp³-hybridized carbons (Fsp3) is 0.500. The lowest BCUT2D eigenvalue weighted by Gasteiger charge is -2.23. The summed E-state index contributed by atoms with van der Waals surface area (Å²) in [5.74, 6) is -0.0130. The van der Waals surface area contributed by atoms with Crippen molar-refractivity contribution in [3.05, 3.63) is 28.8 Å². The molecule has 1 saturated heterocycles. The molecule has 1 amide bonds. The lowest BCUT2D eigenvalue weighted by Crippen LogP contribution is -2.35. The van der Waals surface area contributed by atoms with Crippen LogP contribution < -0.4 is 15.8 Å². The van der Waals surface area contributed by atoms with Crippen LogP contribution in [0.2, 0.25) is 5.02 Å². The van der Waals surface area contributed by atoms with Crippen LogP contribution in [-0.2, 0) is 0 Å². The lowest BCUT2D eigenvalue weighted by molar-refractivity contribution is 0.0996. The fourth-order valence-corrected chi connectivity index (χ4v) is 2.47. The maximum absolute atomic E-state index is 11.3. The van der Waals surface area contributed by atoms with Crippen molar-refractivity contribution < 1.29 is 9.53 Å². The third-order valence-corrected chi connectivity index (χ3v) is 3.58. The Morgan fingerprint density at radius 1 is 1.47 bits per heavy atom. The van der Waals surface area contributed by atoms with Gasteiger partial charge in [0.1, 0.15) is 5.75 Å². The number of rotatable bonds is 5. The number of hydrogen-bond donors (Lipinski definition) is 2. The molecule has 1 aromatic rings. The Morgan fingerprint density at radius 2 is 2.32 bits per heavy atom. The highest BCUT2D eigenvalue weighted by atomic mass is 35.5. The molecule has 4 nitrogen and oxygen atoms in total. The molecule has 1 atom stereocenters. The molecule has 1 unspecified atom stereocenters. The zero-order chi connectivity index (χ0) is 13.7. The number of piperidine rings is 1. The number of nitrogens with two attached hydrogens (primary N) is 1. The van der Waals surface area contributed by atoms with Gasteiger partial charge in [0.25, 0.3) is 5.91 Å². The third-order valence-electron chi connectivity index (χ3n) is 3.34. The van der Waals surface area contributed by atoms with Gasteiger partial charge in [-0.05, 0) is 44.0 Å². The number of halogens is 1. The van der Waals surface area contributed by atoms with Crippen molar-refractivity contribution >= 4 is 17.5 Å². The van der Waals surface area contributed by atoms with Gasteiger partial charge in [0.05, 0.1) is 12.2 Å². The second-order valence-corrected chi connectivity index (χ2v) is 5.23. The number of amides is 1. The summed E-state index contributed by atoms with van der Waals surface area (Å²) in [5, 5.41) is 3.94. The first-order valence-corrected chi connectivity index (χ1v) is 7.00. The molecule has 3 N–H and O–H groups in total. The maximum atomic E-state index is 11.3. The molecule has 0 radical (unpaired) electrons. The summed E-state index contributed by atoms with van der Waals surface area (Å²) in [6.07, 6.45) is 4.64. The quantitative estimate of drug-likeness (QED) is 0.871. The van der Waals surface area contributed by atoms with Crippen LogP contribution in [0.1, 0.15) is 36.0 Å². The molecule has 19 heavy (non-hydrogen) atoms. The largest absolute Gasteiger partial charge is 0.493 e.